The Hall–Kier alpha value is -2.22. The van der Waals surface area contributed by atoms with Crippen LogP contribution in [0.15, 0.2) is 47.2 Å². The monoisotopic (exact) mass is 391 g/mol. The summed E-state index contributed by atoms with van der Waals surface area (Å²) >= 11 is 8.69. The van der Waals surface area contributed by atoms with Gasteiger partial charge in [0.15, 0.2) is 5.13 Å². The van der Waals surface area contributed by atoms with Gasteiger partial charge in [0, 0.05) is 20.8 Å². The topological polar surface area (TPSA) is 71.1 Å². The minimum absolute atomic E-state index is 0.103. The van der Waals surface area contributed by atoms with Crippen molar-refractivity contribution in [2.75, 3.05) is 5.32 Å². The molecule has 0 bridgehead atoms. The van der Waals surface area contributed by atoms with E-state index >= 15 is 0 Å². The Labute approximate surface area is 157 Å². The van der Waals surface area contributed by atoms with Crippen molar-refractivity contribution in [3.63, 3.8) is 0 Å². The van der Waals surface area contributed by atoms with E-state index in [-0.39, 0.29) is 18.2 Å². The molecule has 3 aromatic rings. The summed E-state index contributed by atoms with van der Waals surface area (Å²) in [5.74, 6) is -0.367. The first-order valence-corrected chi connectivity index (χ1v) is 9.54. The number of nitrogens with one attached hydrogen (secondary N) is 2. The Morgan fingerprint density at radius 1 is 1.12 bits per heavy atom. The third kappa shape index (κ3) is 5.12. The van der Waals surface area contributed by atoms with Crippen molar-refractivity contribution < 1.29 is 9.59 Å². The molecule has 25 heavy (non-hydrogen) atoms. The second-order valence-electron chi connectivity index (χ2n) is 5.14. The Bertz CT molecular complexity index is 860. The molecule has 0 aliphatic heterocycles. The van der Waals surface area contributed by atoms with E-state index in [1.54, 1.807) is 41.0 Å². The highest BCUT2D eigenvalue weighted by Crippen LogP contribution is 2.18. The van der Waals surface area contributed by atoms with E-state index in [2.05, 4.69) is 15.6 Å². The summed E-state index contributed by atoms with van der Waals surface area (Å²) in [5.41, 5.74) is 1.12. The summed E-state index contributed by atoms with van der Waals surface area (Å²) in [6.45, 7) is 0.515. The molecule has 0 radical (unpaired) electrons. The molecule has 0 aliphatic carbocycles. The van der Waals surface area contributed by atoms with E-state index in [1.807, 2.05) is 17.5 Å². The molecular formula is C17H14ClN3O2S2. The van der Waals surface area contributed by atoms with Gasteiger partial charge in [-0.25, -0.2) is 4.98 Å². The molecular weight excluding hydrogens is 378 g/mol. The van der Waals surface area contributed by atoms with Crippen LogP contribution in [-0.2, 0) is 17.8 Å². The molecule has 0 aliphatic rings. The number of thiazole rings is 1. The van der Waals surface area contributed by atoms with Crippen molar-refractivity contribution >= 4 is 51.2 Å². The number of benzene rings is 1. The van der Waals surface area contributed by atoms with Gasteiger partial charge < -0.3 is 5.32 Å². The minimum atomic E-state index is -0.264. The van der Waals surface area contributed by atoms with E-state index in [1.165, 1.54) is 11.3 Å². The highest BCUT2D eigenvalue weighted by molar-refractivity contribution is 7.14. The number of hydrogen-bond acceptors (Lipinski definition) is 5. The van der Waals surface area contributed by atoms with Crippen LogP contribution in [0.4, 0.5) is 5.13 Å². The van der Waals surface area contributed by atoms with Gasteiger partial charge >= 0.3 is 0 Å². The Balaban J connectivity index is 1.52. The Morgan fingerprint density at radius 2 is 1.92 bits per heavy atom. The highest BCUT2D eigenvalue weighted by Gasteiger charge is 2.11. The molecule has 2 heterocycles. The van der Waals surface area contributed by atoms with Crippen LogP contribution in [0, 0.1) is 0 Å². The molecule has 2 N–H and O–H groups in total. The number of carbonyl (C=O) groups excluding carboxylic acids is 2. The number of halogens is 1. The van der Waals surface area contributed by atoms with Crippen LogP contribution in [-0.4, -0.2) is 16.8 Å². The number of amides is 2. The van der Waals surface area contributed by atoms with Gasteiger partial charge in [0.05, 0.1) is 18.7 Å². The van der Waals surface area contributed by atoms with Gasteiger partial charge in [-0.15, -0.1) is 22.7 Å². The lowest BCUT2D eigenvalue weighted by Crippen LogP contribution is -2.24. The lowest BCUT2D eigenvalue weighted by atomic mass is 10.2. The van der Waals surface area contributed by atoms with E-state index in [0.717, 1.165) is 4.88 Å². The highest BCUT2D eigenvalue weighted by atomic mass is 35.5. The average Bonchev–Trinajstić information content (AvgIpc) is 3.25. The zero-order valence-corrected chi connectivity index (χ0v) is 15.4. The van der Waals surface area contributed by atoms with Crippen LogP contribution >= 0.6 is 34.3 Å². The fraction of sp³-hybridized carbons (Fsp3) is 0.118. The van der Waals surface area contributed by atoms with Crippen molar-refractivity contribution in [2.24, 2.45) is 0 Å². The summed E-state index contributed by atoms with van der Waals surface area (Å²) in [6, 6.07) is 10.5. The Morgan fingerprint density at radius 3 is 2.64 bits per heavy atom. The molecule has 0 saturated carbocycles. The van der Waals surface area contributed by atoms with Crippen LogP contribution in [0.2, 0.25) is 5.02 Å². The number of aromatic nitrogens is 1. The minimum Gasteiger partial charge on any atom is -0.351 e. The van der Waals surface area contributed by atoms with Crippen molar-refractivity contribution in [3.8, 4) is 0 Å². The zero-order chi connectivity index (χ0) is 17.6. The molecule has 1 aromatic carbocycles. The van der Waals surface area contributed by atoms with Crippen molar-refractivity contribution in [1.29, 1.82) is 0 Å². The van der Waals surface area contributed by atoms with E-state index in [9.17, 15) is 9.59 Å². The van der Waals surface area contributed by atoms with Crippen molar-refractivity contribution in [1.82, 2.24) is 10.3 Å². The SMILES string of the molecule is O=C(Cc1csc(NC(=O)c2ccc(Cl)cc2)n1)NCc1cccs1. The maximum Gasteiger partial charge on any atom is 0.257 e. The zero-order valence-electron chi connectivity index (χ0n) is 13.0. The van der Waals surface area contributed by atoms with Gasteiger partial charge in [-0.05, 0) is 35.7 Å². The second-order valence-corrected chi connectivity index (χ2v) is 7.46. The molecule has 2 aromatic heterocycles. The summed E-state index contributed by atoms with van der Waals surface area (Å²) in [6.07, 6.45) is 0.179. The first-order valence-electron chi connectivity index (χ1n) is 7.40. The summed E-state index contributed by atoms with van der Waals surface area (Å²) in [4.78, 5) is 29.5. The van der Waals surface area contributed by atoms with E-state index in [0.29, 0.717) is 28.0 Å². The molecule has 2 amide bonds. The molecule has 0 atom stereocenters. The maximum atomic E-state index is 12.1. The van der Waals surface area contributed by atoms with Crippen molar-refractivity contribution in [3.05, 3.63) is 68.3 Å². The first-order chi connectivity index (χ1) is 12.1. The second kappa shape index (κ2) is 8.24. The Kier molecular flexibility index (Phi) is 5.80. The number of rotatable bonds is 6. The van der Waals surface area contributed by atoms with Crippen LogP contribution in [0.1, 0.15) is 20.9 Å². The number of nitrogens with zero attached hydrogens (tertiary/aromatic N) is 1. The number of hydrogen-bond donors (Lipinski definition) is 2. The number of thiophene rings is 1. The largest absolute Gasteiger partial charge is 0.351 e. The van der Waals surface area contributed by atoms with Crippen LogP contribution in [0.25, 0.3) is 0 Å². The molecule has 0 unspecified atom stereocenters. The lowest BCUT2D eigenvalue weighted by Gasteiger charge is -2.02. The molecule has 0 saturated heterocycles. The standard InChI is InChI=1S/C17H14ClN3O2S2/c18-12-5-3-11(4-6-12)16(23)21-17-20-13(10-25-17)8-15(22)19-9-14-2-1-7-24-14/h1-7,10H,8-9H2,(H,19,22)(H,20,21,23). The van der Waals surface area contributed by atoms with Gasteiger partial charge in [0.2, 0.25) is 5.91 Å². The van der Waals surface area contributed by atoms with Gasteiger partial charge in [0.1, 0.15) is 0 Å². The molecule has 5 nitrogen and oxygen atoms in total. The fourth-order valence-electron chi connectivity index (χ4n) is 2.04. The van der Waals surface area contributed by atoms with E-state index < -0.39 is 0 Å². The number of carbonyl (C=O) groups is 2. The summed E-state index contributed by atoms with van der Waals surface area (Å²) in [5, 5.41) is 10.3. The normalized spacial score (nSPS) is 10.4. The maximum absolute atomic E-state index is 12.1. The summed E-state index contributed by atoms with van der Waals surface area (Å²) < 4.78 is 0. The first kappa shape index (κ1) is 17.6. The average molecular weight is 392 g/mol. The fourth-order valence-corrected chi connectivity index (χ4v) is 3.52. The van der Waals surface area contributed by atoms with Gasteiger partial charge in [-0.3, -0.25) is 14.9 Å². The molecule has 0 fully saturated rings. The van der Waals surface area contributed by atoms with Crippen LogP contribution in [0.3, 0.4) is 0 Å². The predicted octanol–water partition coefficient (Wildman–Crippen LogP) is 3.97. The third-order valence-corrected chi connectivity index (χ3v) is 5.20. The smallest absolute Gasteiger partial charge is 0.257 e. The quantitative estimate of drug-likeness (QED) is 0.667. The van der Waals surface area contributed by atoms with Crippen molar-refractivity contribution in [2.45, 2.75) is 13.0 Å². The lowest BCUT2D eigenvalue weighted by molar-refractivity contribution is -0.120. The summed E-state index contributed by atoms with van der Waals surface area (Å²) in [7, 11) is 0. The van der Waals surface area contributed by atoms with Gasteiger partial charge in [-0.2, -0.15) is 0 Å². The van der Waals surface area contributed by atoms with Crippen LogP contribution in [0.5, 0.6) is 0 Å². The van der Waals surface area contributed by atoms with E-state index in [4.69, 9.17) is 11.6 Å². The molecule has 3 rings (SSSR count). The van der Waals surface area contributed by atoms with Gasteiger partial charge in [-0.1, -0.05) is 17.7 Å². The molecule has 0 spiro atoms. The number of anilines is 1. The predicted molar refractivity (Wildman–Crippen MR) is 101 cm³/mol. The van der Waals surface area contributed by atoms with Gasteiger partial charge in [0.25, 0.3) is 5.91 Å². The van der Waals surface area contributed by atoms with Crippen LogP contribution < -0.4 is 10.6 Å². The molecule has 128 valence electrons. The molecule has 8 heteroatoms. The third-order valence-electron chi connectivity index (χ3n) is 3.26.